The average Bonchev–Trinajstić information content (AvgIpc) is 2.44. The summed E-state index contributed by atoms with van der Waals surface area (Å²) in [6, 6.07) is 6.53. The van der Waals surface area contributed by atoms with E-state index in [1.807, 2.05) is 19.1 Å². The van der Waals surface area contributed by atoms with E-state index in [0.29, 0.717) is 18.6 Å². The number of hydrogen-bond acceptors (Lipinski definition) is 3. The van der Waals surface area contributed by atoms with Gasteiger partial charge in [0, 0.05) is 18.2 Å². The summed E-state index contributed by atoms with van der Waals surface area (Å²) in [6.45, 7) is 10.2. The van der Waals surface area contributed by atoms with E-state index >= 15 is 0 Å². The molecule has 0 aliphatic heterocycles. The maximum Gasteiger partial charge on any atom is 0.165 e. The molecule has 3 heteroatoms. The Morgan fingerprint density at radius 2 is 1.95 bits per heavy atom. The molecule has 0 radical (unpaired) electrons. The van der Waals surface area contributed by atoms with Crippen LogP contribution in [0.15, 0.2) is 18.2 Å². The van der Waals surface area contributed by atoms with Gasteiger partial charge in [-0.15, -0.1) is 0 Å². The molecule has 2 unspecified atom stereocenters. The van der Waals surface area contributed by atoms with Gasteiger partial charge in [-0.2, -0.15) is 0 Å². The van der Waals surface area contributed by atoms with Crippen LogP contribution < -0.4 is 14.8 Å². The first-order chi connectivity index (χ1) is 9.13. The molecule has 0 aliphatic carbocycles. The van der Waals surface area contributed by atoms with Crippen LogP contribution in [0, 0.1) is 5.92 Å². The highest BCUT2D eigenvalue weighted by atomic mass is 16.5. The van der Waals surface area contributed by atoms with Crippen LogP contribution in [0.25, 0.3) is 0 Å². The van der Waals surface area contributed by atoms with E-state index in [2.05, 4.69) is 32.2 Å². The Morgan fingerprint density at radius 3 is 2.53 bits per heavy atom. The van der Waals surface area contributed by atoms with Gasteiger partial charge >= 0.3 is 0 Å². The molecule has 0 amide bonds. The number of nitrogens with one attached hydrogen (secondary N) is 1. The molecule has 1 N–H and O–H groups in total. The Labute approximate surface area is 117 Å². The predicted octanol–water partition coefficient (Wildman–Crippen LogP) is 3.62. The summed E-state index contributed by atoms with van der Waals surface area (Å²) in [5, 5.41) is 3.56. The highest BCUT2D eigenvalue weighted by Gasteiger charge is 2.13. The van der Waals surface area contributed by atoms with Gasteiger partial charge in [-0.3, -0.25) is 0 Å². The monoisotopic (exact) mass is 265 g/mol. The second-order valence-corrected chi connectivity index (χ2v) is 4.94. The quantitative estimate of drug-likeness (QED) is 0.778. The summed E-state index contributed by atoms with van der Waals surface area (Å²) < 4.78 is 11.1. The Hall–Kier alpha value is -1.22. The van der Waals surface area contributed by atoms with Crippen molar-refractivity contribution in [1.29, 1.82) is 0 Å². The molecule has 19 heavy (non-hydrogen) atoms. The van der Waals surface area contributed by atoms with Crippen LogP contribution in [-0.2, 0) is 6.54 Å². The van der Waals surface area contributed by atoms with E-state index in [4.69, 9.17) is 9.47 Å². The lowest BCUT2D eigenvalue weighted by Gasteiger charge is -2.21. The third-order valence-corrected chi connectivity index (χ3v) is 3.68. The molecule has 108 valence electrons. The zero-order valence-electron chi connectivity index (χ0n) is 12.8. The SMILES string of the molecule is CCOc1cccc(CNC(C)C(C)CC)c1OC. The first-order valence-corrected chi connectivity index (χ1v) is 7.16. The fraction of sp³-hybridized carbons (Fsp3) is 0.625. The van der Waals surface area contributed by atoms with Crippen LogP contribution in [0.3, 0.4) is 0 Å². The van der Waals surface area contributed by atoms with Crippen LogP contribution in [0.5, 0.6) is 11.5 Å². The van der Waals surface area contributed by atoms with E-state index in [9.17, 15) is 0 Å². The lowest BCUT2D eigenvalue weighted by molar-refractivity contribution is 0.307. The molecule has 1 aromatic rings. The summed E-state index contributed by atoms with van der Waals surface area (Å²) in [5.74, 6) is 2.33. The van der Waals surface area contributed by atoms with Gasteiger partial charge < -0.3 is 14.8 Å². The van der Waals surface area contributed by atoms with Crippen LogP contribution in [0.4, 0.5) is 0 Å². The molecule has 0 saturated heterocycles. The molecule has 0 saturated carbocycles. The van der Waals surface area contributed by atoms with Gasteiger partial charge in [0.25, 0.3) is 0 Å². The fourth-order valence-electron chi connectivity index (χ4n) is 2.03. The van der Waals surface area contributed by atoms with Gasteiger partial charge in [0.15, 0.2) is 11.5 Å². The first kappa shape index (κ1) is 15.8. The van der Waals surface area contributed by atoms with Crippen molar-refractivity contribution in [2.45, 2.75) is 46.7 Å². The first-order valence-electron chi connectivity index (χ1n) is 7.16. The number of benzene rings is 1. The Morgan fingerprint density at radius 1 is 1.21 bits per heavy atom. The van der Waals surface area contributed by atoms with Gasteiger partial charge in [-0.05, 0) is 25.8 Å². The van der Waals surface area contributed by atoms with Gasteiger partial charge in [-0.1, -0.05) is 32.4 Å². The smallest absolute Gasteiger partial charge is 0.165 e. The maximum atomic E-state index is 5.59. The van der Waals surface area contributed by atoms with E-state index in [1.165, 1.54) is 6.42 Å². The van der Waals surface area contributed by atoms with Crippen molar-refractivity contribution in [3.05, 3.63) is 23.8 Å². The molecule has 0 fully saturated rings. The third-order valence-electron chi connectivity index (χ3n) is 3.68. The number of para-hydroxylation sites is 1. The third kappa shape index (κ3) is 4.43. The summed E-state index contributed by atoms with van der Waals surface area (Å²) in [4.78, 5) is 0. The highest BCUT2D eigenvalue weighted by Crippen LogP contribution is 2.31. The van der Waals surface area contributed by atoms with Crippen molar-refractivity contribution in [3.8, 4) is 11.5 Å². The van der Waals surface area contributed by atoms with E-state index < -0.39 is 0 Å². The molecule has 1 aromatic carbocycles. The van der Waals surface area contributed by atoms with Crippen molar-refractivity contribution in [2.75, 3.05) is 13.7 Å². The van der Waals surface area contributed by atoms with Crippen LogP contribution in [-0.4, -0.2) is 19.8 Å². The molecule has 0 spiro atoms. The average molecular weight is 265 g/mol. The normalized spacial score (nSPS) is 13.9. The summed E-state index contributed by atoms with van der Waals surface area (Å²) in [6.07, 6.45) is 1.18. The van der Waals surface area contributed by atoms with Crippen molar-refractivity contribution in [3.63, 3.8) is 0 Å². The molecule has 0 aliphatic rings. The van der Waals surface area contributed by atoms with E-state index in [-0.39, 0.29) is 0 Å². The minimum atomic E-state index is 0.491. The number of ether oxygens (including phenoxy) is 2. The van der Waals surface area contributed by atoms with E-state index in [1.54, 1.807) is 7.11 Å². The number of methoxy groups -OCH3 is 1. The highest BCUT2D eigenvalue weighted by molar-refractivity contribution is 5.46. The van der Waals surface area contributed by atoms with Crippen LogP contribution in [0.2, 0.25) is 0 Å². The molecule has 2 atom stereocenters. The van der Waals surface area contributed by atoms with Crippen LogP contribution >= 0.6 is 0 Å². The second-order valence-electron chi connectivity index (χ2n) is 4.94. The minimum absolute atomic E-state index is 0.491. The minimum Gasteiger partial charge on any atom is -0.493 e. The maximum absolute atomic E-state index is 5.59. The Kier molecular flexibility index (Phi) is 6.71. The zero-order chi connectivity index (χ0) is 14.3. The molecule has 0 aromatic heterocycles. The standard InChI is InChI=1S/C16H27NO2/c1-6-12(3)13(4)17-11-14-9-8-10-15(19-7-2)16(14)18-5/h8-10,12-13,17H,6-7,11H2,1-5H3. The Bertz CT molecular complexity index is 379. The molecule has 0 bridgehead atoms. The van der Waals surface area contributed by atoms with Crippen molar-refractivity contribution in [1.82, 2.24) is 5.32 Å². The van der Waals surface area contributed by atoms with Gasteiger partial charge in [0.05, 0.1) is 13.7 Å². The van der Waals surface area contributed by atoms with Gasteiger partial charge in [-0.25, -0.2) is 0 Å². The van der Waals surface area contributed by atoms with Crippen molar-refractivity contribution >= 4 is 0 Å². The topological polar surface area (TPSA) is 30.5 Å². The molecule has 1 rings (SSSR count). The van der Waals surface area contributed by atoms with Gasteiger partial charge in [0.2, 0.25) is 0 Å². The second kappa shape index (κ2) is 8.05. The van der Waals surface area contributed by atoms with Crippen LogP contribution in [0.1, 0.15) is 39.7 Å². The fourth-order valence-corrected chi connectivity index (χ4v) is 2.03. The lowest BCUT2D eigenvalue weighted by atomic mass is 10.0. The molecule has 3 nitrogen and oxygen atoms in total. The van der Waals surface area contributed by atoms with Gasteiger partial charge in [0.1, 0.15) is 0 Å². The van der Waals surface area contributed by atoms with E-state index in [0.717, 1.165) is 23.6 Å². The summed E-state index contributed by atoms with van der Waals surface area (Å²) in [7, 11) is 1.69. The molecule has 0 heterocycles. The zero-order valence-corrected chi connectivity index (χ0v) is 12.8. The van der Waals surface area contributed by atoms with Crippen molar-refractivity contribution in [2.24, 2.45) is 5.92 Å². The molecular weight excluding hydrogens is 238 g/mol. The summed E-state index contributed by atoms with van der Waals surface area (Å²) in [5.41, 5.74) is 1.14. The largest absolute Gasteiger partial charge is 0.493 e. The number of hydrogen-bond donors (Lipinski definition) is 1. The van der Waals surface area contributed by atoms with Crippen molar-refractivity contribution < 1.29 is 9.47 Å². The Balaban J connectivity index is 2.75. The summed E-state index contributed by atoms with van der Waals surface area (Å²) >= 11 is 0. The predicted molar refractivity (Wildman–Crippen MR) is 79.9 cm³/mol. The molecular formula is C16H27NO2. The number of rotatable bonds is 8. The lowest BCUT2D eigenvalue weighted by Crippen LogP contribution is -2.31.